The van der Waals surface area contributed by atoms with Crippen LogP contribution in [0.5, 0.6) is 5.75 Å². The van der Waals surface area contributed by atoms with Crippen LogP contribution in [0.4, 0.5) is 5.82 Å². The molecule has 0 fully saturated rings. The molecule has 0 bridgehead atoms. The summed E-state index contributed by atoms with van der Waals surface area (Å²) in [6.45, 7) is 4.37. The van der Waals surface area contributed by atoms with Gasteiger partial charge in [0.2, 0.25) is 0 Å². The van der Waals surface area contributed by atoms with E-state index in [1.165, 1.54) is 11.1 Å². The Morgan fingerprint density at radius 1 is 1.13 bits per heavy atom. The first-order chi connectivity index (χ1) is 15.0. The molecule has 7 heteroatoms. The third-order valence-electron chi connectivity index (χ3n) is 5.79. The van der Waals surface area contributed by atoms with Gasteiger partial charge in [-0.1, -0.05) is 19.9 Å². The Morgan fingerprint density at radius 3 is 2.74 bits per heavy atom. The summed E-state index contributed by atoms with van der Waals surface area (Å²) in [6, 6.07) is 10.7. The summed E-state index contributed by atoms with van der Waals surface area (Å²) in [7, 11) is 1.71. The SMILES string of the molecule is COc1ccc2c(c1)CC(Nc1nn3ccc(-c4cncc(Br)c4)nc3c1C(C)C)C2. The Kier molecular flexibility index (Phi) is 5.14. The molecule has 0 amide bonds. The molecule has 1 aliphatic carbocycles. The molecule has 0 spiro atoms. The lowest BCUT2D eigenvalue weighted by Crippen LogP contribution is -2.20. The minimum absolute atomic E-state index is 0.284. The van der Waals surface area contributed by atoms with Crippen LogP contribution in [-0.2, 0) is 12.8 Å². The lowest BCUT2D eigenvalue weighted by Gasteiger charge is -2.14. The number of benzene rings is 1. The van der Waals surface area contributed by atoms with E-state index in [4.69, 9.17) is 14.8 Å². The van der Waals surface area contributed by atoms with Gasteiger partial charge < -0.3 is 10.1 Å². The van der Waals surface area contributed by atoms with Crippen LogP contribution in [0.25, 0.3) is 16.9 Å². The summed E-state index contributed by atoms with van der Waals surface area (Å²) in [5.74, 6) is 2.11. The Bertz CT molecular complexity index is 1270. The number of rotatable bonds is 5. The van der Waals surface area contributed by atoms with Crippen molar-refractivity contribution in [2.24, 2.45) is 0 Å². The average molecular weight is 478 g/mol. The Labute approximate surface area is 189 Å². The number of hydrogen-bond donors (Lipinski definition) is 1. The maximum absolute atomic E-state index is 5.39. The Hall–Kier alpha value is -2.93. The van der Waals surface area contributed by atoms with Crippen LogP contribution in [-0.4, -0.2) is 32.7 Å². The lowest BCUT2D eigenvalue weighted by molar-refractivity contribution is 0.414. The number of halogens is 1. The molecule has 3 aromatic heterocycles. The molecular weight excluding hydrogens is 454 g/mol. The normalized spacial score (nSPS) is 15.5. The van der Waals surface area contributed by atoms with Crippen molar-refractivity contribution >= 4 is 27.4 Å². The second kappa shape index (κ2) is 7.96. The first-order valence-electron chi connectivity index (χ1n) is 10.4. The molecule has 0 radical (unpaired) electrons. The molecule has 31 heavy (non-hydrogen) atoms. The molecule has 5 rings (SSSR count). The van der Waals surface area contributed by atoms with E-state index < -0.39 is 0 Å². The standard InChI is InChI=1S/C24H24BrN5O/c1-14(2)22-23(27-19-9-15-4-5-20(31-3)11-16(15)10-19)29-30-7-6-21(28-24(22)30)17-8-18(25)13-26-12-17/h4-8,11-14,19H,9-10H2,1-3H3,(H,27,29). The third-order valence-corrected chi connectivity index (χ3v) is 6.22. The van der Waals surface area contributed by atoms with E-state index in [9.17, 15) is 0 Å². The minimum Gasteiger partial charge on any atom is -0.497 e. The van der Waals surface area contributed by atoms with Gasteiger partial charge in [-0.2, -0.15) is 0 Å². The summed E-state index contributed by atoms with van der Waals surface area (Å²) in [5, 5.41) is 8.54. The quantitative estimate of drug-likeness (QED) is 0.424. The van der Waals surface area contributed by atoms with Gasteiger partial charge in [0.15, 0.2) is 11.5 Å². The van der Waals surface area contributed by atoms with Crippen LogP contribution in [0.15, 0.2) is 53.4 Å². The molecule has 0 saturated carbocycles. The number of methoxy groups -OCH3 is 1. The first-order valence-corrected chi connectivity index (χ1v) is 11.2. The smallest absolute Gasteiger partial charge is 0.161 e. The molecular formula is C24H24BrN5O. The van der Waals surface area contributed by atoms with Crippen LogP contribution in [0.3, 0.4) is 0 Å². The van der Waals surface area contributed by atoms with Crippen molar-refractivity contribution in [3.63, 3.8) is 0 Å². The van der Waals surface area contributed by atoms with E-state index in [0.717, 1.165) is 51.3 Å². The minimum atomic E-state index is 0.284. The van der Waals surface area contributed by atoms with Gasteiger partial charge in [0.05, 0.1) is 12.8 Å². The number of aromatic nitrogens is 4. The van der Waals surface area contributed by atoms with Gasteiger partial charge in [-0.05, 0) is 70.1 Å². The first kappa shape index (κ1) is 20.0. The predicted molar refractivity (Wildman–Crippen MR) is 126 cm³/mol. The highest BCUT2D eigenvalue weighted by atomic mass is 79.9. The van der Waals surface area contributed by atoms with Crippen LogP contribution < -0.4 is 10.1 Å². The molecule has 0 saturated heterocycles. The van der Waals surface area contributed by atoms with Gasteiger partial charge in [-0.25, -0.2) is 9.50 Å². The highest BCUT2D eigenvalue weighted by Crippen LogP contribution is 2.33. The second-order valence-corrected chi connectivity index (χ2v) is 9.19. The van der Waals surface area contributed by atoms with Crippen molar-refractivity contribution in [3.8, 4) is 17.0 Å². The topological polar surface area (TPSA) is 64.3 Å². The molecule has 1 unspecified atom stereocenters. The summed E-state index contributed by atoms with van der Waals surface area (Å²) < 4.78 is 8.19. The van der Waals surface area contributed by atoms with E-state index in [1.54, 1.807) is 13.3 Å². The fourth-order valence-corrected chi connectivity index (χ4v) is 4.68. The van der Waals surface area contributed by atoms with E-state index >= 15 is 0 Å². The van der Waals surface area contributed by atoms with Gasteiger partial charge >= 0.3 is 0 Å². The van der Waals surface area contributed by atoms with Crippen molar-refractivity contribution in [1.29, 1.82) is 0 Å². The van der Waals surface area contributed by atoms with Gasteiger partial charge in [0.25, 0.3) is 0 Å². The number of fused-ring (bicyclic) bond motifs is 2. The fraction of sp³-hybridized carbons (Fsp3) is 0.292. The number of anilines is 1. The lowest BCUT2D eigenvalue weighted by atomic mass is 10.1. The number of pyridine rings is 1. The molecule has 1 atom stereocenters. The summed E-state index contributed by atoms with van der Waals surface area (Å²) >= 11 is 3.50. The monoisotopic (exact) mass is 477 g/mol. The molecule has 1 N–H and O–H groups in total. The number of nitrogens with one attached hydrogen (secondary N) is 1. The number of nitrogens with zero attached hydrogens (tertiary/aromatic N) is 4. The van der Waals surface area contributed by atoms with Crippen LogP contribution in [0, 0.1) is 0 Å². The van der Waals surface area contributed by atoms with Crippen molar-refractivity contribution in [1.82, 2.24) is 19.6 Å². The molecule has 1 aromatic carbocycles. The Morgan fingerprint density at radius 2 is 1.97 bits per heavy atom. The van der Waals surface area contributed by atoms with Crippen molar-refractivity contribution < 1.29 is 4.74 Å². The summed E-state index contributed by atoms with van der Waals surface area (Å²) in [6.07, 6.45) is 7.52. The van der Waals surface area contributed by atoms with E-state index in [-0.39, 0.29) is 5.92 Å². The molecule has 0 aliphatic heterocycles. The van der Waals surface area contributed by atoms with Crippen molar-refractivity contribution in [2.45, 2.75) is 38.6 Å². The number of ether oxygens (including phenoxy) is 1. The van der Waals surface area contributed by atoms with Gasteiger partial charge in [0, 0.05) is 40.2 Å². The fourth-order valence-electron chi connectivity index (χ4n) is 4.31. The molecule has 4 aromatic rings. The zero-order valence-corrected chi connectivity index (χ0v) is 19.3. The highest BCUT2D eigenvalue weighted by molar-refractivity contribution is 9.10. The highest BCUT2D eigenvalue weighted by Gasteiger charge is 2.25. The van der Waals surface area contributed by atoms with E-state index in [2.05, 4.69) is 52.2 Å². The Balaban J connectivity index is 1.48. The summed E-state index contributed by atoms with van der Waals surface area (Å²) in [5.41, 5.74) is 6.59. The zero-order valence-electron chi connectivity index (χ0n) is 17.8. The maximum atomic E-state index is 5.39. The van der Waals surface area contributed by atoms with Gasteiger partial charge in [0.1, 0.15) is 5.75 Å². The summed E-state index contributed by atoms with van der Waals surface area (Å²) in [4.78, 5) is 9.22. The molecule has 158 valence electrons. The maximum Gasteiger partial charge on any atom is 0.161 e. The molecule has 6 nitrogen and oxygen atoms in total. The third kappa shape index (κ3) is 3.78. The van der Waals surface area contributed by atoms with Crippen LogP contribution in [0.1, 0.15) is 36.5 Å². The van der Waals surface area contributed by atoms with Crippen molar-refractivity contribution in [2.75, 3.05) is 12.4 Å². The van der Waals surface area contributed by atoms with Gasteiger partial charge in [-0.15, -0.1) is 5.10 Å². The van der Waals surface area contributed by atoms with Crippen molar-refractivity contribution in [3.05, 3.63) is 70.1 Å². The second-order valence-electron chi connectivity index (χ2n) is 8.27. The molecule has 3 heterocycles. The average Bonchev–Trinajstić information content (AvgIpc) is 3.32. The largest absolute Gasteiger partial charge is 0.497 e. The van der Waals surface area contributed by atoms with Crippen LogP contribution in [0.2, 0.25) is 0 Å². The zero-order chi connectivity index (χ0) is 21.5. The number of hydrogen-bond acceptors (Lipinski definition) is 5. The van der Waals surface area contributed by atoms with Crippen LogP contribution >= 0.6 is 15.9 Å². The van der Waals surface area contributed by atoms with E-state index in [0.29, 0.717) is 6.04 Å². The van der Waals surface area contributed by atoms with E-state index in [1.807, 2.05) is 35.1 Å². The predicted octanol–water partition coefficient (Wildman–Crippen LogP) is 5.27. The van der Waals surface area contributed by atoms with Gasteiger partial charge in [-0.3, -0.25) is 4.98 Å². The molecule has 1 aliphatic rings.